The third kappa shape index (κ3) is 3.44. The molecule has 3 rings (SSSR count). The molecule has 6 heteroatoms. The Bertz CT molecular complexity index is 929. The van der Waals surface area contributed by atoms with Crippen molar-refractivity contribution in [3.05, 3.63) is 53.1 Å². The molecule has 122 valence electrons. The average Bonchev–Trinajstić information content (AvgIpc) is 2.90. The lowest BCUT2D eigenvalue weighted by Crippen LogP contribution is -2.11. The summed E-state index contributed by atoms with van der Waals surface area (Å²) in [7, 11) is 0. The lowest BCUT2D eigenvalue weighted by atomic mass is 10.1. The van der Waals surface area contributed by atoms with Gasteiger partial charge in [0.1, 0.15) is 0 Å². The van der Waals surface area contributed by atoms with Crippen LogP contribution in [-0.4, -0.2) is 16.8 Å². The van der Waals surface area contributed by atoms with Crippen molar-refractivity contribution in [1.82, 2.24) is 4.98 Å². The number of rotatable bonds is 3. The number of fused-ring (bicyclic) bond motifs is 1. The first-order valence-electron chi connectivity index (χ1n) is 7.49. The van der Waals surface area contributed by atoms with Gasteiger partial charge in [-0.15, -0.1) is 0 Å². The molecule has 0 spiro atoms. The second kappa shape index (κ2) is 6.41. The third-order valence-corrected chi connectivity index (χ3v) is 4.46. The summed E-state index contributed by atoms with van der Waals surface area (Å²) in [6, 6.07) is 11.2. The van der Waals surface area contributed by atoms with E-state index < -0.39 is 0 Å². The quantitative estimate of drug-likeness (QED) is 0.754. The van der Waals surface area contributed by atoms with Gasteiger partial charge in [0.05, 0.1) is 10.2 Å². The van der Waals surface area contributed by atoms with E-state index in [-0.39, 0.29) is 11.8 Å². The van der Waals surface area contributed by atoms with Gasteiger partial charge in [-0.2, -0.15) is 0 Å². The molecule has 5 nitrogen and oxygen atoms in total. The average molecular weight is 339 g/mol. The van der Waals surface area contributed by atoms with Crippen LogP contribution in [0.2, 0.25) is 0 Å². The predicted molar refractivity (Wildman–Crippen MR) is 97.8 cm³/mol. The number of benzene rings is 2. The van der Waals surface area contributed by atoms with Crippen molar-refractivity contribution in [1.29, 1.82) is 0 Å². The Morgan fingerprint density at radius 1 is 1.04 bits per heavy atom. The summed E-state index contributed by atoms with van der Waals surface area (Å²) < 4.78 is 0.915. The topological polar surface area (TPSA) is 71.1 Å². The summed E-state index contributed by atoms with van der Waals surface area (Å²) in [5.74, 6) is -0.306. The molecule has 0 saturated carbocycles. The van der Waals surface area contributed by atoms with Crippen LogP contribution in [0.5, 0.6) is 0 Å². The van der Waals surface area contributed by atoms with Crippen LogP contribution in [0.4, 0.5) is 10.8 Å². The first-order chi connectivity index (χ1) is 11.4. The Hall–Kier alpha value is -2.73. The molecule has 0 radical (unpaired) electrons. The molecular weight excluding hydrogens is 322 g/mol. The fourth-order valence-electron chi connectivity index (χ4n) is 2.38. The molecule has 0 aliphatic rings. The zero-order valence-corrected chi connectivity index (χ0v) is 14.5. The van der Waals surface area contributed by atoms with Gasteiger partial charge in [-0.1, -0.05) is 29.0 Å². The SMILES string of the molecule is CC(=O)Nc1nc2c(C)cc(NC(=O)c3ccc(C)cc3)cc2s1. The Labute approximate surface area is 143 Å². The molecule has 2 aromatic carbocycles. The Morgan fingerprint density at radius 3 is 2.42 bits per heavy atom. The highest BCUT2D eigenvalue weighted by molar-refractivity contribution is 7.22. The van der Waals surface area contributed by atoms with Crippen molar-refractivity contribution in [3.63, 3.8) is 0 Å². The van der Waals surface area contributed by atoms with Crippen LogP contribution in [0.25, 0.3) is 10.2 Å². The maximum atomic E-state index is 12.3. The minimum Gasteiger partial charge on any atom is -0.322 e. The second-order valence-electron chi connectivity index (χ2n) is 5.66. The van der Waals surface area contributed by atoms with E-state index in [2.05, 4.69) is 15.6 Å². The first kappa shape index (κ1) is 16.1. The summed E-state index contributed by atoms with van der Waals surface area (Å²) in [5.41, 5.74) is 4.21. The molecule has 0 aliphatic heterocycles. The lowest BCUT2D eigenvalue weighted by molar-refractivity contribution is -0.114. The van der Waals surface area contributed by atoms with Crippen molar-refractivity contribution in [2.45, 2.75) is 20.8 Å². The number of nitrogens with zero attached hydrogens (tertiary/aromatic N) is 1. The van der Waals surface area contributed by atoms with Gasteiger partial charge < -0.3 is 10.6 Å². The minimum absolute atomic E-state index is 0.152. The molecule has 2 N–H and O–H groups in total. The number of carbonyl (C=O) groups excluding carboxylic acids is 2. The van der Waals surface area contributed by atoms with Crippen molar-refractivity contribution in [2.75, 3.05) is 10.6 Å². The van der Waals surface area contributed by atoms with Gasteiger partial charge in [-0.25, -0.2) is 4.98 Å². The van der Waals surface area contributed by atoms with Gasteiger partial charge in [0, 0.05) is 18.2 Å². The Balaban J connectivity index is 1.88. The number of anilines is 2. The molecule has 0 atom stereocenters. The van der Waals surface area contributed by atoms with E-state index in [4.69, 9.17) is 0 Å². The second-order valence-corrected chi connectivity index (χ2v) is 6.69. The lowest BCUT2D eigenvalue weighted by Gasteiger charge is -2.07. The molecule has 1 heterocycles. The summed E-state index contributed by atoms with van der Waals surface area (Å²) in [6.45, 7) is 5.36. The predicted octanol–water partition coefficient (Wildman–Crippen LogP) is 4.12. The number of thiazole rings is 1. The third-order valence-electron chi connectivity index (χ3n) is 3.54. The molecule has 3 aromatic rings. The van der Waals surface area contributed by atoms with Gasteiger partial charge in [-0.05, 0) is 43.7 Å². The fraction of sp³-hybridized carbons (Fsp3) is 0.167. The molecule has 0 bridgehead atoms. The highest BCUT2D eigenvalue weighted by Gasteiger charge is 2.11. The van der Waals surface area contributed by atoms with Crippen LogP contribution < -0.4 is 10.6 Å². The van der Waals surface area contributed by atoms with Crippen LogP contribution >= 0.6 is 11.3 Å². The first-order valence-corrected chi connectivity index (χ1v) is 8.31. The summed E-state index contributed by atoms with van der Waals surface area (Å²) in [6.07, 6.45) is 0. The number of amides is 2. The van der Waals surface area contributed by atoms with Crippen LogP contribution in [0.15, 0.2) is 36.4 Å². The standard InChI is InChI=1S/C18H17N3O2S/c1-10-4-6-13(7-5-10)17(23)20-14-8-11(2)16-15(9-14)24-18(21-16)19-12(3)22/h4-9H,1-3H3,(H,20,23)(H,19,21,22). The molecule has 2 amide bonds. The van der Waals surface area contributed by atoms with Gasteiger partial charge in [-0.3, -0.25) is 9.59 Å². The number of aromatic nitrogens is 1. The Kier molecular flexibility index (Phi) is 4.31. The number of carbonyl (C=O) groups is 2. The molecule has 0 saturated heterocycles. The smallest absolute Gasteiger partial charge is 0.255 e. The molecule has 0 aliphatic carbocycles. The highest BCUT2D eigenvalue weighted by atomic mass is 32.1. The van der Waals surface area contributed by atoms with Crippen molar-refractivity contribution < 1.29 is 9.59 Å². The molecule has 0 unspecified atom stereocenters. The molecule has 1 aromatic heterocycles. The van der Waals surface area contributed by atoms with Crippen LogP contribution in [-0.2, 0) is 4.79 Å². The van der Waals surface area contributed by atoms with Gasteiger partial charge in [0.2, 0.25) is 5.91 Å². The van der Waals surface area contributed by atoms with E-state index in [0.29, 0.717) is 16.4 Å². The monoisotopic (exact) mass is 339 g/mol. The zero-order chi connectivity index (χ0) is 17.3. The largest absolute Gasteiger partial charge is 0.322 e. The molecule has 0 fully saturated rings. The van der Waals surface area contributed by atoms with Gasteiger partial charge >= 0.3 is 0 Å². The molecular formula is C18H17N3O2S. The van der Waals surface area contributed by atoms with Crippen LogP contribution in [0.1, 0.15) is 28.4 Å². The maximum absolute atomic E-state index is 12.3. The number of nitrogens with one attached hydrogen (secondary N) is 2. The van der Waals surface area contributed by atoms with E-state index in [1.165, 1.54) is 18.3 Å². The summed E-state index contributed by atoms with van der Waals surface area (Å²) >= 11 is 1.38. The number of hydrogen-bond acceptors (Lipinski definition) is 4. The fourth-order valence-corrected chi connectivity index (χ4v) is 3.41. The van der Waals surface area contributed by atoms with Crippen LogP contribution in [0.3, 0.4) is 0 Å². The van der Waals surface area contributed by atoms with Crippen molar-refractivity contribution >= 4 is 44.2 Å². The van der Waals surface area contributed by atoms with E-state index in [1.807, 2.05) is 38.1 Å². The zero-order valence-electron chi connectivity index (χ0n) is 13.6. The summed E-state index contributed by atoms with van der Waals surface area (Å²) in [5, 5.41) is 6.17. The highest BCUT2D eigenvalue weighted by Crippen LogP contribution is 2.31. The molecule has 24 heavy (non-hydrogen) atoms. The van der Waals surface area contributed by atoms with Crippen molar-refractivity contribution in [2.24, 2.45) is 0 Å². The van der Waals surface area contributed by atoms with Crippen molar-refractivity contribution in [3.8, 4) is 0 Å². The van der Waals surface area contributed by atoms with E-state index in [9.17, 15) is 9.59 Å². The van der Waals surface area contributed by atoms with Crippen LogP contribution in [0, 0.1) is 13.8 Å². The van der Waals surface area contributed by atoms with Gasteiger partial charge in [0.15, 0.2) is 5.13 Å². The van der Waals surface area contributed by atoms with E-state index in [1.54, 1.807) is 12.1 Å². The Morgan fingerprint density at radius 2 is 1.75 bits per heavy atom. The number of hydrogen-bond donors (Lipinski definition) is 2. The maximum Gasteiger partial charge on any atom is 0.255 e. The van der Waals surface area contributed by atoms with E-state index >= 15 is 0 Å². The summed E-state index contributed by atoms with van der Waals surface area (Å²) in [4.78, 5) is 27.9. The van der Waals surface area contributed by atoms with Gasteiger partial charge in [0.25, 0.3) is 5.91 Å². The normalized spacial score (nSPS) is 10.6. The minimum atomic E-state index is -0.153. The van der Waals surface area contributed by atoms with E-state index in [0.717, 1.165) is 21.3 Å². The number of aryl methyl sites for hydroxylation is 2.